The van der Waals surface area contributed by atoms with Gasteiger partial charge in [0.05, 0.1) is 6.61 Å². The van der Waals surface area contributed by atoms with Crippen molar-refractivity contribution in [3.8, 4) is 0 Å². The Balaban J connectivity index is 0.000000367. The lowest BCUT2D eigenvalue weighted by Gasteiger charge is -2.15. The zero-order valence-electron chi connectivity index (χ0n) is 17.3. The molecule has 0 unspecified atom stereocenters. The van der Waals surface area contributed by atoms with Crippen LogP contribution in [0, 0.1) is 13.8 Å². The normalized spacial score (nSPS) is 12.2. The highest BCUT2D eigenvalue weighted by Crippen LogP contribution is 2.36. The molecule has 0 spiro atoms. The van der Waals surface area contributed by atoms with Crippen LogP contribution in [0.2, 0.25) is 25.7 Å². The molecule has 2 rings (SSSR count). The molecule has 0 aliphatic carbocycles. The molecule has 0 bridgehead atoms. The standard InChI is InChI=1S/C11H17F3N2O3Si.C5H5F3N2O/c1-7-8(9(16-19-7)11(12,13)14)15-10(17)18-5-6-20(2,3)4;1-2-3(9)4(10-11-2)5(6,7)8/h5-6H2,1-4H3,(H,15,17);9H2,1H3. The van der Waals surface area contributed by atoms with Gasteiger partial charge in [0.1, 0.15) is 11.4 Å². The summed E-state index contributed by atoms with van der Waals surface area (Å²) in [5.41, 5.74) is 1.64. The van der Waals surface area contributed by atoms with E-state index in [0.29, 0.717) is 0 Å². The van der Waals surface area contributed by atoms with Gasteiger partial charge in [-0.1, -0.05) is 30.0 Å². The summed E-state index contributed by atoms with van der Waals surface area (Å²) in [6.07, 6.45) is -10.2. The Kier molecular flexibility index (Phi) is 8.16. The molecule has 0 saturated heterocycles. The summed E-state index contributed by atoms with van der Waals surface area (Å²) in [4.78, 5) is 11.5. The highest BCUT2D eigenvalue weighted by Gasteiger charge is 2.40. The number of nitrogens with zero attached hydrogens (tertiary/aromatic N) is 2. The van der Waals surface area contributed by atoms with Crippen LogP contribution >= 0.6 is 0 Å². The lowest BCUT2D eigenvalue weighted by molar-refractivity contribution is -0.142. The molecular weight excluding hydrogens is 454 g/mol. The molecule has 31 heavy (non-hydrogen) atoms. The van der Waals surface area contributed by atoms with Crippen molar-refractivity contribution in [3.05, 3.63) is 22.9 Å². The lowest BCUT2D eigenvalue weighted by Crippen LogP contribution is -2.24. The van der Waals surface area contributed by atoms with E-state index in [0.717, 1.165) is 6.04 Å². The largest absolute Gasteiger partial charge is 0.450 e. The average Bonchev–Trinajstić information content (AvgIpc) is 3.10. The fourth-order valence-corrected chi connectivity index (χ4v) is 2.60. The first-order valence-electron chi connectivity index (χ1n) is 8.69. The van der Waals surface area contributed by atoms with Gasteiger partial charge in [0.15, 0.2) is 11.5 Å². The number of hydrogen-bond donors (Lipinski definition) is 2. The number of aryl methyl sites for hydroxylation is 2. The van der Waals surface area contributed by atoms with Gasteiger partial charge in [-0.2, -0.15) is 26.3 Å². The van der Waals surface area contributed by atoms with Gasteiger partial charge in [-0.25, -0.2) is 4.79 Å². The number of alkyl halides is 6. The van der Waals surface area contributed by atoms with Gasteiger partial charge in [0.2, 0.25) is 11.4 Å². The summed E-state index contributed by atoms with van der Waals surface area (Å²) in [5, 5.41) is 7.69. The van der Waals surface area contributed by atoms with Crippen molar-refractivity contribution in [1.29, 1.82) is 0 Å². The van der Waals surface area contributed by atoms with E-state index in [1.165, 1.54) is 13.8 Å². The zero-order valence-corrected chi connectivity index (χ0v) is 18.3. The predicted octanol–water partition coefficient (Wildman–Crippen LogP) is 5.47. The maximum absolute atomic E-state index is 12.6. The van der Waals surface area contributed by atoms with Crippen molar-refractivity contribution in [2.24, 2.45) is 0 Å². The van der Waals surface area contributed by atoms with Crippen LogP contribution in [-0.2, 0) is 17.1 Å². The Bertz CT molecular complexity index is 886. The van der Waals surface area contributed by atoms with E-state index in [2.05, 4.69) is 39.0 Å². The predicted molar refractivity (Wildman–Crippen MR) is 100 cm³/mol. The molecule has 0 aliphatic rings. The van der Waals surface area contributed by atoms with Crippen LogP contribution in [0.15, 0.2) is 9.05 Å². The second-order valence-corrected chi connectivity index (χ2v) is 13.2. The van der Waals surface area contributed by atoms with Gasteiger partial charge in [0.25, 0.3) is 0 Å². The number of anilines is 2. The summed E-state index contributed by atoms with van der Waals surface area (Å²) in [6, 6.07) is 0.731. The number of carbonyl (C=O) groups is 1. The minimum atomic E-state index is -4.70. The van der Waals surface area contributed by atoms with E-state index < -0.39 is 49.3 Å². The first-order chi connectivity index (χ1) is 13.9. The number of amides is 1. The molecule has 2 heterocycles. The summed E-state index contributed by atoms with van der Waals surface area (Å²) in [7, 11) is -1.37. The van der Waals surface area contributed by atoms with Crippen LogP contribution in [0.1, 0.15) is 22.9 Å². The Labute approximate surface area is 174 Å². The van der Waals surface area contributed by atoms with Gasteiger partial charge in [-0.15, -0.1) is 0 Å². The molecule has 0 saturated carbocycles. The minimum Gasteiger partial charge on any atom is -0.450 e. The summed E-state index contributed by atoms with van der Waals surface area (Å²) >= 11 is 0. The van der Waals surface area contributed by atoms with Gasteiger partial charge >= 0.3 is 18.4 Å². The summed E-state index contributed by atoms with van der Waals surface area (Å²) in [5.74, 6) is -0.142. The van der Waals surface area contributed by atoms with Crippen LogP contribution in [0.25, 0.3) is 0 Å². The number of halogens is 6. The molecule has 15 heteroatoms. The number of carbonyl (C=O) groups excluding carboxylic acids is 1. The summed E-state index contributed by atoms with van der Waals surface area (Å²) in [6.45, 7) is 9.06. The first kappa shape index (κ1) is 26.3. The van der Waals surface area contributed by atoms with Gasteiger partial charge in [0, 0.05) is 8.07 Å². The number of hydrogen-bond acceptors (Lipinski definition) is 7. The third-order valence-electron chi connectivity index (χ3n) is 3.62. The fraction of sp³-hybridized carbons (Fsp3) is 0.562. The minimum absolute atomic E-state index is 0.0164. The third kappa shape index (κ3) is 8.14. The Hall–Kier alpha value is -2.71. The molecule has 3 N–H and O–H groups in total. The number of nitrogen functional groups attached to an aromatic ring is 1. The average molecular weight is 476 g/mol. The maximum Gasteiger partial charge on any atom is 0.438 e. The van der Waals surface area contributed by atoms with Gasteiger partial charge < -0.3 is 19.5 Å². The zero-order chi connectivity index (χ0) is 24.2. The number of nitrogens with one attached hydrogen (secondary N) is 1. The smallest absolute Gasteiger partial charge is 0.438 e. The Morgan fingerprint density at radius 2 is 1.48 bits per heavy atom. The van der Waals surface area contributed by atoms with Crippen LogP contribution in [-0.4, -0.2) is 31.1 Å². The molecule has 8 nitrogen and oxygen atoms in total. The van der Waals surface area contributed by atoms with E-state index in [-0.39, 0.29) is 18.1 Å². The van der Waals surface area contributed by atoms with Crippen molar-refractivity contribution in [1.82, 2.24) is 10.3 Å². The van der Waals surface area contributed by atoms with E-state index in [9.17, 15) is 31.1 Å². The topological polar surface area (TPSA) is 116 Å². The lowest BCUT2D eigenvalue weighted by atomic mass is 10.3. The Morgan fingerprint density at radius 1 is 1.00 bits per heavy atom. The number of aromatic nitrogens is 2. The molecule has 2 aromatic rings. The van der Waals surface area contributed by atoms with Gasteiger partial charge in [-0.3, -0.25) is 5.32 Å². The molecule has 0 atom stereocenters. The van der Waals surface area contributed by atoms with Crippen LogP contribution < -0.4 is 11.1 Å². The molecule has 176 valence electrons. The van der Waals surface area contributed by atoms with Crippen molar-refractivity contribution >= 4 is 25.5 Å². The highest BCUT2D eigenvalue weighted by molar-refractivity contribution is 6.76. The van der Waals surface area contributed by atoms with E-state index >= 15 is 0 Å². The van der Waals surface area contributed by atoms with Crippen molar-refractivity contribution < 1.29 is 44.9 Å². The third-order valence-corrected chi connectivity index (χ3v) is 5.32. The van der Waals surface area contributed by atoms with Crippen molar-refractivity contribution in [2.45, 2.75) is 51.9 Å². The molecule has 0 radical (unpaired) electrons. The van der Waals surface area contributed by atoms with Crippen molar-refractivity contribution in [3.63, 3.8) is 0 Å². The maximum atomic E-state index is 12.6. The van der Waals surface area contributed by atoms with Crippen LogP contribution in [0.3, 0.4) is 0 Å². The molecule has 2 aromatic heterocycles. The Morgan fingerprint density at radius 3 is 1.87 bits per heavy atom. The van der Waals surface area contributed by atoms with Gasteiger partial charge in [-0.05, 0) is 19.9 Å². The summed E-state index contributed by atoms with van der Waals surface area (Å²) < 4.78 is 86.9. The van der Waals surface area contributed by atoms with E-state index in [1.807, 2.05) is 5.32 Å². The number of ether oxygens (including phenoxy) is 1. The van der Waals surface area contributed by atoms with E-state index in [1.54, 1.807) is 0 Å². The molecule has 1 amide bonds. The van der Waals surface area contributed by atoms with Crippen LogP contribution in [0.4, 0.5) is 42.5 Å². The molecular formula is C16H22F6N4O4Si. The number of rotatable bonds is 4. The monoisotopic (exact) mass is 476 g/mol. The highest BCUT2D eigenvalue weighted by atomic mass is 28.3. The first-order valence-corrected chi connectivity index (χ1v) is 12.4. The van der Waals surface area contributed by atoms with Crippen molar-refractivity contribution in [2.75, 3.05) is 17.7 Å². The molecule has 0 fully saturated rings. The molecule has 0 aromatic carbocycles. The fourth-order valence-electron chi connectivity index (χ4n) is 1.88. The quantitative estimate of drug-likeness (QED) is 0.444. The SMILES string of the molecule is Cc1onc(C(F)(F)F)c1N.Cc1onc(C(F)(F)F)c1NC(=O)OCC[Si](C)(C)C. The van der Waals surface area contributed by atoms with E-state index in [4.69, 9.17) is 10.5 Å². The number of nitrogens with two attached hydrogens (primary N) is 1. The second-order valence-electron chi connectivity index (χ2n) is 7.53. The second kappa shape index (κ2) is 9.61. The molecule has 0 aliphatic heterocycles. The van der Waals surface area contributed by atoms with Crippen LogP contribution in [0.5, 0.6) is 0 Å².